The SMILES string of the molecule is CC(=O)NCCC(O)C(O)c1cc(F)ccc1C(C)=O. The summed E-state index contributed by atoms with van der Waals surface area (Å²) in [5.41, 5.74) is 0.213. The van der Waals surface area contributed by atoms with Gasteiger partial charge in [-0.2, -0.15) is 0 Å². The van der Waals surface area contributed by atoms with Crippen LogP contribution in [0.15, 0.2) is 18.2 Å². The third kappa shape index (κ3) is 4.40. The van der Waals surface area contributed by atoms with Crippen molar-refractivity contribution in [2.75, 3.05) is 6.54 Å². The van der Waals surface area contributed by atoms with Crippen molar-refractivity contribution in [3.05, 3.63) is 35.1 Å². The van der Waals surface area contributed by atoms with Gasteiger partial charge in [-0.05, 0) is 37.1 Å². The number of rotatable bonds is 6. The number of hydrogen-bond acceptors (Lipinski definition) is 4. The van der Waals surface area contributed by atoms with Gasteiger partial charge in [0.2, 0.25) is 5.91 Å². The molecule has 6 heteroatoms. The summed E-state index contributed by atoms with van der Waals surface area (Å²) in [6.45, 7) is 2.81. The molecule has 0 bridgehead atoms. The molecule has 0 heterocycles. The Bertz CT molecular complexity index is 504. The molecule has 1 aromatic rings. The second kappa shape index (κ2) is 7.12. The van der Waals surface area contributed by atoms with Crippen molar-refractivity contribution in [1.82, 2.24) is 5.32 Å². The Morgan fingerprint density at radius 2 is 1.95 bits per heavy atom. The van der Waals surface area contributed by atoms with Crippen LogP contribution in [0.1, 0.15) is 42.3 Å². The molecule has 0 fully saturated rings. The fourth-order valence-electron chi connectivity index (χ4n) is 1.86. The van der Waals surface area contributed by atoms with E-state index in [2.05, 4.69) is 5.32 Å². The monoisotopic (exact) mass is 283 g/mol. The molecule has 110 valence electrons. The fraction of sp³-hybridized carbons (Fsp3) is 0.429. The van der Waals surface area contributed by atoms with Crippen LogP contribution in [0.2, 0.25) is 0 Å². The van der Waals surface area contributed by atoms with E-state index in [0.717, 1.165) is 12.1 Å². The van der Waals surface area contributed by atoms with Crippen molar-refractivity contribution >= 4 is 11.7 Å². The standard InChI is InChI=1S/C14H18FNO4/c1-8(17)11-4-3-10(15)7-12(11)14(20)13(19)5-6-16-9(2)18/h3-4,7,13-14,19-20H,5-6H2,1-2H3,(H,16,18). The van der Waals surface area contributed by atoms with Crippen LogP contribution in [0.3, 0.4) is 0 Å². The van der Waals surface area contributed by atoms with Crippen molar-refractivity contribution in [3.63, 3.8) is 0 Å². The summed E-state index contributed by atoms with van der Waals surface area (Å²) in [7, 11) is 0. The number of Topliss-reactive ketones (excluding diaryl/α,β-unsaturated/α-hetero) is 1. The highest BCUT2D eigenvalue weighted by atomic mass is 19.1. The smallest absolute Gasteiger partial charge is 0.216 e. The molecule has 1 rings (SSSR count). The molecule has 2 unspecified atom stereocenters. The van der Waals surface area contributed by atoms with Gasteiger partial charge in [-0.3, -0.25) is 9.59 Å². The molecule has 0 radical (unpaired) electrons. The fourth-order valence-corrected chi connectivity index (χ4v) is 1.86. The summed E-state index contributed by atoms with van der Waals surface area (Å²) in [5.74, 6) is -1.17. The third-order valence-electron chi connectivity index (χ3n) is 2.89. The third-order valence-corrected chi connectivity index (χ3v) is 2.89. The van der Waals surface area contributed by atoms with Crippen LogP contribution in [-0.4, -0.2) is 34.6 Å². The lowest BCUT2D eigenvalue weighted by Crippen LogP contribution is -2.28. The lowest BCUT2D eigenvalue weighted by atomic mass is 9.95. The van der Waals surface area contributed by atoms with E-state index < -0.39 is 18.0 Å². The van der Waals surface area contributed by atoms with Crippen molar-refractivity contribution in [2.24, 2.45) is 0 Å². The molecule has 5 nitrogen and oxygen atoms in total. The zero-order chi connectivity index (χ0) is 15.3. The van der Waals surface area contributed by atoms with Gasteiger partial charge in [0.1, 0.15) is 11.9 Å². The van der Waals surface area contributed by atoms with Gasteiger partial charge in [0.15, 0.2) is 5.78 Å². The van der Waals surface area contributed by atoms with Crippen LogP contribution >= 0.6 is 0 Å². The highest BCUT2D eigenvalue weighted by molar-refractivity contribution is 5.95. The van der Waals surface area contributed by atoms with Crippen molar-refractivity contribution in [2.45, 2.75) is 32.5 Å². The summed E-state index contributed by atoms with van der Waals surface area (Å²) in [4.78, 5) is 22.1. The number of hydrogen-bond donors (Lipinski definition) is 3. The Balaban J connectivity index is 2.84. The number of nitrogens with one attached hydrogen (secondary N) is 1. The summed E-state index contributed by atoms with van der Waals surface area (Å²) < 4.78 is 13.2. The predicted molar refractivity (Wildman–Crippen MR) is 70.7 cm³/mol. The summed E-state index contributed by atoms with van der Waals surface area (Å²) in [5, 5.41) is 22.4. The number of ketones is 1. The van der Waals surface area contributed by atoms with Crippen molar-refractivity contribution < 1.29 is 24.2 Å². The topological polar surface area (TPSA) is 86.6 Å². The molecular weight excluding hydrogens is 265 g/mol. The molecule has 0 aliphatic heterocycles. The highest BCUT2D eigenvalue weighted by Crippen LogP contribution is 2.24. The normalized spacial score (nSPS) is 13.7. The van der Waals surface area contributed by atoms with E-state index in [4.69, 9.17) is 0 Å². The average molecular weight is 283 g/mol. The van der Waals surface area contributed by atoms with Gasteiger partial charge in [0.25, 0.3) is 0 Å². The Morgan fingerprint density at radius 3 is 2.50 bits per heavy atom. The first kappa shape index (κ1) is 16.3. The quantitative estimate of drug-likeness (QED) is 0.678. The number of halogens is 1. The van der Waals surface area contributed by atoms with Gasteiger partial charge in [0.05, 0.1) is 6.10 Å². The van der Waals surface area contributed by atoms with E-state index in [-0.39, 0.29) is 35.8 Å². The molecule has 2 atom stereocenters. The molecule has 0 aliphatic rings. The number of carbonyl (C=O) groups excluding carboxylic acids is 2. The lowest BCUT2D eigenvalue weighted by molar-refractivity contribution is -0.119. The van der Waals surface area contributed by atoms with E-state index in [1.165, 1.54) is 19.9 Å². The summed E-state index contributed by atoms with van der Waals surface area (Å²) >= 11 is 0. The van der Waals surface area contributed by atoms with E-state index in [0.29, 0.717) is 0 Å². The van der Waals surface area contributed by atoms with Gasteiger partial charge in [0, 0.05) is 19.0 Å². The van der Waals surface area contributed by atoms with Crippen molar-refractivity contribution in [3.8, 4) is 0 Å². The average Bonchev–Trinajstić information content (AvgIpc) is 2.36. The molecule has 20 heavy (non-hydrogen) atoms. The van der Waals surface area contributed by atoms with Crippen LogP contribution in [0, 0.1) is 5.82 Å². The second-order valence-corrected chi connectivity index (χ2v) is 4.57. The molecule has 3 N–H and O–H groups in total. The molecular formula is C14H18FNO4. The van der Waals surface area contributed by atoms with Crippen LogP contribution < -0.4 is 5.32 Å². The van der Waals surface area contributed by atoms with Gasteiger partial charge in [-0.15, -0.1) is 0 Å². The van der Waals surface area contributed by atoms with E-state index in [9.17, 15) is 24.2 Å². The maximum atomic E-state index is 13.2. The maximum Gasteiger partial charge on any atom is 0.216 e. The molecule has 0 aromatic heterocycles. The van der Waals surface area contributed by atoms with Crippen LogP contribution in [0.5, 0.6) is 0 Å². The number of carbonyl (C=O) groups is 2. The zero-order valence-corrected chi connectivity index (χ0v) is 11.4. The Hall–Kier alpha value is -1.79. The van der Waals surface area contributed by atoms with Gasteiger partial charge in [-0.25, -0.2) is 4.39 Å². The van der Waals surface area contributed by atoms with Crippen LogP contribution in [-0.2, 0) is 4.79 Å². The van der Waals surface area contributed by atoms with Crippen molar-refractivity contribution in [1.29, 1.82) is 0 Å². The Morgan fingerprint density at radius 1 is 1.30 bits per heavy atom. The Labute approximate surface area is 116 Å². The first-order chi connectivity index (χ1) is 9.32. The molecule has 0 saturated carbocycles. The number of aliphatic hydroxyl groups is 2. The van der Waals surface area contributed by atoms with Gasteiger partial charge >= 0.3 is 0 Å². The molecule has 0 spiro atoms. The van der Waals surface area contributed by atoms with E-state index in [1.807, 2.05) is 0 Å². The molecule has 0 aliphatic carbocycles. The van der Waals surface area contributed by atoms with Crippen LogP contribution in [0.25, 0.3) is 0 Å². The molecule has 1 amide bonds. The summed E-state index contributed by atoms with van der Waals surface area (Å²) in [6.07, 6.45) is -2.51. The lowest BCUT2D eigenvalue weighted by Gasteiger charge is -2.20. The Kier molecular flexibility index (Phi) is 5.79. The van der Waals surface area contributed by atoms with Crippen LogP contribution in [0.4, 0.5) is 4.39 Å². The number of benzene rings is 1. The van der Waals surface area contributed by atoms with Gasteiger partial charge in [-0.1, -0.05) is 0 Å². The van der Waals surface area contributed by atoms with E-state index >= 15 is 0 Å². The first-order valence-electron chi connectivity index (χ1n) is 6.24. The zero-order valence-electron chi connectivity index (χ0n) is 11.4. The number of aliphatic hydroxyl groups excluding tert-OH is 2. The largest absolute Gasteiger partial charge is 0.390 e. The minimum absolute atomic E-state index is 0.0489. The first-order valence-corrected chi connectivity index (χ1v) is 6.24. The van der Waals surface area contributed by atoms with E-state index in [1.54, 1.807) is 0 Å². The summed E-state index contributed by atoms with van der Waals surface area (Å²) in [6, 6.07) is 3.43. The number of amides is 1. The maximum absolute atomic E-state index is 13.2. The second-order valence-electron chi connectivity index (χ2n) is 4.57. The van der Waals surface area contributed by atoms with Gasteiger partial charge < -0.3 is 15.5 Å². The minimum atomic E-state index is -1.39. The highest BCUT2D eigenvalue weighted by Gasteiger charge is 2.23. The molecule has 1 aromatic carbocycles. The molecule has 0 saturated heterocycles. The predicted octanol–water partition coefficient (Wildman–Crippen LogP) is 0.949. The minimum Gasteiger partial charge on any atom is -0.390 e.